The Bertz CT molecular complexity index is 1020. The predicted molar refractivity (Wildman–Crippen MR) is 89.3 cm³/mol. The fraction of sp³-hybridized carbons (Fsp3) is 0. The average Bonchev–Trinajstić information content (AvgIpc) is 2.98. The average molecular weight is 344 g/mol. The summed E-state index contributed by atoms with van der Waals surface area (Å²) in [6.07, 6.45) is 3.11. The van der Waals surface area contributed by atoms with Gasteiger partial charge in [0.1, 0.15) is 0 Å². The SMILES string of the molecule is O=[N+]([O-])c1ccc(S(=O)(=O)NN=Cc2c[nH]c3ccccc23)cc1. The minimum Gasteiger partial charge on any atom is -0.361 e. The number of hydrogen-bond acceptors (Lipinski definition) is 5. The molecule has 2 N–H and O–H groups in total. The van der Waals surface area contributed by atoms with E-state index in [1.54, 1.807) is 6.20 Å². The van der Waals surface area contributed by atoms with Crippen LogP contribution in [0.15, 0.2) is 64.7 Å². The number of sulfonamides is 1. The van der Waals surface area contributed by atoms with Crippen LogP contribution in [0, 0.1) is 10.1 Å². The van der Waals surface area contributed by atoms with Crippen LogP contribution in [0.1, 0.15) is 5.56 Å². The molecule has 0 saturated carbocycles. The number of hydrazone groups is 1. The first-order chi connectivity index (χ1) is 11.5. The van der Waals surface area contributed by atoms with Crippen molar-refractivity contribution in [1.82, 2.24) is 9.82 Å². The zero-order chi connectivity index (χ0) is 17.2. The van der Waals surface area contributed by atoms with Crippen LogP contribution in [0.2, 0.25) is 0 Å². The van der Waals surface area contributed by atoms with Gasteiger partial charge in [0, 0.05) is 34.8 Å². The van der Waals surface area contributed by atoms with Crippen LogP contribution in [0.4, 0.5) is 5.69 Å². The number of non-ortho nitro benzene ring substituents is 1. The van der Waals surface area contributed by atoms with E-state index >= 15 is 0 Å². The quantitative estimate of drug-likeness (QED) is 0.420. The molecule has 0 aliphatic carbocycles. The molecule has 0 atom stereocenters. The Morgan fingerprint density at radius 3 is 2.54 bits per heavy atom. The smallest absolute Gasteiger partial charge is 0.276 e. The van der Waals surface area contributed by atoms with Crippen molar-refractivity contribution in [3.63, 3.8) is 0 Å². The molecule has 1 heterocycles. The van der Waals surface area contributed by atoms with Crippen molar-refractivity contribution in [2.45, 2.75) is 4.90 Å². The fourth-order valence-corrected chi connectivity index (χ4v) is 2.96. The molecular weight excluding hydrogens is 332 g/mol. The number of nitrogens with zero attached hydrogens (tertiary/aromatic N) is 2. The normalized spacial score (nSPS) is 11.8. The first kappa shape index (κ1) is 15.7. The molecule has 0 radical (unpaired) electrons. The molecule has 9 heteroatoms. The number of aromatic amines is 1. The summed E-state index contributed by atoms with van der Waals surface area (Å²) in [5.74, 6) is 0. The zero-order valence-corrected chi connectivity index (χ0v) is 13.0. The van der Waals surface area contributed by atoms with E-state index < -0.39 is 14.9 Å². The third-order valence-electron chi connectivity index (χ3n) is 3.36. The van der Waals surface area contributed by atoms with Gasteiger partial charge in [-0.25, -0.2) is 4.83 Å². The molecule has 0 unspecified atom stereocenters. The number of aromatic nitrogens is 1. The first-order valence-electron chi connectivity index (χ1n) is 6.83. The molecule has 0 aliphatic rings. The summed E-state index contributed by atoms with van der Waals surface area (Å²) < 4.78 is 24.2. The van der Waals surface area contributed by atoms with Gasteiger partial charge in [0.2, 0.25) is 0 Å². The zero-order valence-electron chi connectivity index (χ0n) is 12.2. The lowest BCUT2D eigenvalue weighted by Gasteiger charge is -2.02. The third kappa shape index (κ3) is 3.10. The molecule has 0 bridgehead atoms. The molecule has 122 valence electrons. The Morgan fingerprint density at radius 1 is 1.12 bits per heavy atom. The van der Waals surface area contributed by atoms with Gasteiger partial charge >= 0.3 is 0 Å². The van der Waals surface area contributed by atoms with Crippen molar-refractivity contribution in [1.29, 1.82) is 0 Å². The minimum atomic E-state index is -3.89. The maximum absolute atomic E-state index is 12.1. The number of H-pyrrole nitrogens is 1. The highest BCUT2D eigenvalue weighted by Crippen LogP contribution is 2.17. The molecule has 3 rings (SSSR count). The molecule has 0 fully saturated rings. The highest BCUT2D eigenvalue weighted by atomic mass is 32.2. The summed E-state index contributed by atoms with van der Waals surface area (Å²) >= 11 is 0. The maximum atomic E-state index is 12.1. The molecule has 0 spiro atoms. The first-order valence-corrected chi connectivity index (χ1v) is 8.31. The van der Waals surface area contributed by atoms with Gasteiger partial charge < -0.3 is 4.98 Å². The third-order valence-corrected chi connectivity index (χ3v) is 4.59. The lowest BCUT2D eigenvalue weighted by Crippen LogP contribution is -2.18. The van der Waals surface area contributed by atoms with Crippen molar-refractivity contribution in [2.75, 3.05) is 0 Å². The minimum absolute atomic E-state index is 0.107. The number of hydrogen-bond donors (Lipinski definition) is 2. The molecule has 0 amide bonds. The summed E-state index contributed by atoms with van der Waals surface area (Å²) in [7, 11) is -3.89. The van der Waals surface area contributed by atoms with Gasteiger partial charge in [-0.1, -0.05) is 18.2 Å². The molecule has 24 heavy (non-hydrogen) atoms. The predicted octanol–water partition coefficient (Wildman–Crippen LogP) is 2.39. The van der Waals surface area contributed by atoms with Gasteiger partial charge in [-0.15, -0.1) is 0 Å². The van der Waals surface area contributed by atoms with Crippen molar-refractivity contribution in [3.05, 3.63) is 70.4 Å². The molecular formula is C15H12N4O4S. The van der Waals surface area contributed by atoms with Crippen LogP contribution < -0.4 is 4.83 Å². The molecule has 0 saturated heterocycles. The van der Waals surface area contributed by atoms with E-state index in [0.29, 0.717) is 0 Å². The van der Waals surface area contributed by atoms with E-state index in [9.17, 15) is 18.5 Å². The Kier molecular flexibility index (Phi) is 4.00. The van der Waals surface area contributed by atoms with E-state index in [2.05, 4.69) is 14.9 Å². The summed E-state index contributed by atoms with van der Waals surface area (Å²) in [5, 5.41) is 15.3. The molecule has 0 aliphatic heterocycles. The fourth-order valence-electron chi connectivity index (χ4n) is 2.17. The Labute approximate surface area is 137 Å². The van der Waals surface area contributed by atoms with Crippen molar-refractivity contribution < 1.29 is 13.3 Å². The van der Waals surface area contributed by atoms with Crippen LogP contribution in [0.3, 0.4) is 0 Å². The molecule has 2 aromatic carbocycles. The molecule has 1 aromatic heterocycles. The molecule has 3 aromatic rings. The summed E-state index contributed by atoms with van der Waals surface area (Å²) in [6.45, 7) is 0. The number of nitro benzene ring substituents is 1. The summed E-state index contributed by atoms with van der Waals surface area (Å²) in [6, 6.07) is 12.1. The maximum Gasteiger partial charge on any atom is 0.276 e. The van der Waals surface area contributed by atoms with Crippen LogP contribution in [-0.2, 0) is 10.0 Å². The standard InChI is InChI=1S/C15H12N4O4S/c20-19(21)12-5-7-13(8-6-12)24(22,23)18-17-10-11-9-16-15-4-2-1-3-14(11)15/h1-10,16,18H. The Balaban J connectivity index is 1.78. The second-order valence-electron chi connectivity index (χ2n) is 4.89. The van der Waals surface area contributed by atoms with Gasteiger partial charge in [0.15, 0.2) is 0 Å². The van der Waals surface area contributed by atoms with E-state index in [1.807, 2.05) is 24.3 Å². The number of fused-ring (bicyclic) bond motifs is 1. The van der Waals surface area contributed by atoms with E-state index in [-0.39, 0.29) is 10.6 Å². The lowest BCUT2D eigenvalue weighted by molar-refractivity contribution is -0.384. The van der Waals surface area contributed by atoms with Gasteiger partial charge in [-0.2, -0.15) is 13.5 Å². The lowest BCUT2D eigenvalue weighted by atomic mass is 10.2. The van der Waals surface area contributed by atoms with Crippen molar-refractivity contribution >= 4 is 32.8 Å². The van der Waals surface area contributed by atoms with Gasteiger partial charge in [0.25, 0.3) is 15.7 Å². The Morgan fingerprint density at radius 2 is 1.83 bits per heavy atom. The number of nitrogens with one attached hydrogen (secondary N) is 2. The van der Waals surface area contributed by atoms with E-state index in [0.717, 1.165) is 40.7 Å². The van der Waals surface area contributed by atoms with Gasteiger partial charge in [0.05, 0.1) is 16.0 Å². The van der Waals surface area contributed by atoms with E-state index in [4.69, 9.17) is 0 Å². The van der Waals surface area contributed by atoms with Crippen molar-refractivity contribution in [3.8, 4) is 0 Å². The van der Waals surface area contributed by atoms with Crippen LogP contribution >= 0.6 is 0 Å². The van der Waals surface area contributed by atoms with Crippen LogP contribution in [0.5, 0.6) is 0 Å². The van der Waals surface area contributed by atoms with E-state index in [1.165, 1.54) is 6.21 Å². The number of benzene rings is 2. The summed E-state index contributed by atoms with van der Waals surface area (Å²) in [4.78, 5) is 15.0. The second kappa shape index (κ2) is 6.13. The van der Waals surface area contributed by atoms with Crippen molar-refractivity contribution in [2.24, 2.45) is 5.10 Å². The summed E-state index contributed by atoms with van der Waals surface area (Å²) in [5.41, 5.74) is 1.46. The topological polar surface area (TPSA) is 117 Å². The number of nitro groups is 1. The van der Waals surface area contributed by atoms with Gasteiger partial charge in [-0.3, -0.25) is 10.1 Å². The second-order valence-corrected chi connectivity index (χ2v) is 6.55. The number of para-hydroxylation sites is 1. The monoisotopic (exact) mass is 344 g/mol. The van der Waals surface area contributed by atoms with Crippen LogP contribution in [-0.4, -0.2) is 24.5 Å². The highest BCUT2D eigenvalue weighted by molar-refractivity contribution is 7.89. The largest absolute Gasteiger partial charge is 0.361 e. The Hall–Kier alpha value is -3.20. The molecule has 8 nitrogen and oxygen atoms in total. The van der Waals surface area contributed by atoms with Crippen LogP contribution in [0.25, 0.3) is 10.9 Å². The van der Waals surface area contributed by atoms with Gasteiger partial charge in [-0.05, 0) is 18.2 Å². The number of rotatable bonds is 5. The highest BCUT2D eigenvalue weighted by Gasteiger charge is 2.14.